The van der Waals surface area contributed by atoms with Crippen molar-refractivity contribution in [3.63, 3.8) is 0 Å². The van der Waals surface area contributed by atoms with Crippen molar-refractivity contribution in [3.8, 4) is 0 Å². The number of esters is 1. The lowest BCUT2D eigenvalue weighted by molar-refractivity contribution is -0.162. The molecule has 2 bridgehead atoms. The summed E-state index contributed by atoms with van der Waals surface area (Å²) in [6.45, 7) is 16.9. The molecule has 0 saturated carbocycles. The number of anilines is 1. The third-order valence-electron chi connectivity index (χ3n) is 10.6. The lowest BCUT2D eigenvalue weighted by atomic mass is 9.70. The molecule has 0 aromatic heterocycles. The minimum Gasteiger partial charge on any atom is -0.455 e. The van der Waals surface area contributed by atoms with E-state index in [1.807, 2.05) is 76.2 Å². The summed E-state index contributed by atoms with van der Waals surface area (Å²) in [5.41, 5.74) is 1.91. The number of para-hydroxylation sites is 1. The molecule has 5 rings (SSSR count). The van der Waals surface area contributed by atoms with Crippen LogP contribution >= 0.6 is 0 Å². The van der Waals surface area contributed by atoms with Crippen LogP contribution in [0.4, 0.5) is 5.69 Å². The van der Waals surface area contributed by atoms with Gasteiger partial charge in [-0.25, -0.2) is 0 Å². The number of ether oxygens (including phenoxy) is 2. The van der Waals surface area contributed by atoms with Gasteiger partial charge in [-0.05, 0) is 62.6 Å². The number of fused-ring (bicyclic) bond motifs is 1. The molecule has 3 fully saturated rings. The Labute approximate surface area is 295 Å². The fourth-order valence-corrected chi connectivity index (χ4v) is 8.36. The number of carbonyl (C=O) groups excluding carboxylic acids is 4. The van der Waals surface area contributed by atoms with Crippen LogP contribution in [0.3, 0.4) is 0 Å². The fraction of sp³-hybridized carbons (Fsp3) is 0.500. The molecule has 2 aromatic carbocycles. The zero-order valence-electron chi connectivity index (χ0n) is 29.8. The van der Waals surface area contributed by atoms with E-state index < -0.39 is 59.6 Å². The number of amides is 3. The molecule has 2 aromatic rings. The Morgan fingerprint density at radius 3 is 2.36 bits per heavy atom. The van der Waals surface area contributed by atoms with E-state index in [0.29, 0.717) is 24.8 Å². The quantitative estimate of drug-likeness (QED) is 0.200. The standard InChI is InChI=1S/C40H51N3O7/c1-8-10-19-31(45)41-27(7)35(28-17-12-11-13-18-28)49-39(48)32-30-20-21-40(50-30)33(32)37(46)43(29(23-44)24(3)4)36(40)38(47)42(22-9-2)34-25(5)15-14-16-26(34)6/h8-9,11-18,24,27,29-30,32-33,35-36,44H,1-2,10,19-23H2,3-7H3,(H,41,45)/t27-,29+,30+,32-,33-,35-,36+,40-/m1/s1. The molecule has 50 heavy (non-hydrogen) atoms. The first-order chi connectivity index (χ1) is 23.9. The third kappa shape index (κ3) is 6.63. The van der Waals surface area contributed by atoms with Gasteiger partial charge in [-0.3, -0.25) is 19.2 Å². The number of likely N-dealkylation sites (tertiary alicyclic amines) is 1. The molecule has 0 unspecified atom stereocenters. The highest BCUT2D eigenvalue weighted by molar-refractivity contribution is 6.05. The average Bonchev–Trinajstić information content (AvgIpc) is 3.73. The summed E-state index contributed by atoms with van der Waals surface area (Å²) >= 11 is 0. The van der Waals surface area contributed by atoms with Gasteiger partial charge < -0.3 is 29.7 Å². The van der Waals surface area contributed by atoms with Gasteiger partial charge >= 0.3 is 5.97 Å². The van der Waals surface area contributed by atoms with Crippen LogP contribution in [0.2, 0.25) is 0 Å². The number of nitrogens with zero attached hydrogens (tertiary/aromatic N) is 2. The molecule has 3 saturated heterocycles. The fourth-order valence-electron chi connectivity index (χ4n) is 8.36. The molecule has 10 nitrogen and oxygen atoms in total. The first-order valence-corrected chi connectivity index (χ1v) is 17.7. The number of rotatable bonds is 15. The summed E-state index contributed by atoms with van der Waals surface area (Å²) in [5, 5.41) is 13.6. The van der Waals surface area contributed by atoms with Crippen LogP contribution in [-0.4, -0.2) is 76.7 Å². The molecule has 0 aliphatic carbocycles. The van der Waals surface area contributed by atoms with Crippen molar-refractivity contribution in [1.29, 1.82) is 0 Å². The number of hydrogen-bond acceptors (Lipinski definition) is 7. The Kier molecular flexibility index (Phi) is 11.3. The molecule has 3 amide bonds. The van der Waals surface area contributed by atoms with E-state index in [1.54, 1.807) is 24.0 Å². The normalized spacial score (nSPS) is 25.5. The Morgan fingerprint density at radius 2 is 1.76 bits per heavy atom. The molecule has 1 spiro atoms. The van der Waals surface area contributed by atoms with Gasteiger partial charge in [0.25, 0.3) is 5.91 Å². The highest BCUT2D eigenvalue weighted by atomic mass is 16.6. The number of allylic oxidation sites excluding steroid dienone is 1. The second-order valence-electron chi connectivity index (χ2n) is 14.2. The summed E-state index contributed by atoms with van der Waals surface area (Å²) < 4.78 is 13.0. The van der Waals surface area contributed by atoms with Crippen molar-refractivity contribution in [1.82, 2.24) is 10.2 Å². The maximum Gasteiger partial charge on any atom is 0.313 e. The zero-order valence-corrected chi connectivity index (χ0v) is 29.8. The van der Waals surface area contributed by atoms with E-state index in [2.05, 4.69) is 18.5 Å². The van der Waals surface area contributed by atoms with E-state index in [4.69, 9.17) is 9.47 Å². The van der Waals surface area contributed by atoms with Crippen molar-refractivity contribution in [2.24, 2.45) is 17.8 Å². The van der Waals surface area contributed by atoms with Crippen LogP contribution in [0, 0.1) is 31.6 Å². The Bertz CT molecular complexity index is 1590. The molecule has 3 aliphatic heterocycles. The van der Waals surface area contributed by atoms with Crippen molar-refractivity contribution in [3.05, 3.63) is 90.5 Å². The zero-order chi connectivity index (χ0) is 36.3. The number of carbonyl (C=O) groups is 4. The highest BCUT2D eigenvalue weighted by Crippen LogP contribution is 2.59. The van der Waals surface area contributed by atoms with Crippen LogP contribution in [0.1, 0.15) is 69.2 Å². The van der Waals surface area contributed by atoms with Gasteiger partial charge in [-0.15, -0.1) is 13.2 Å². The average molecular weight is 686 g/mol. The number of aliphatic hydroxyl groups excluding tert-OH is 1. The van der Waals surface area contributed by atoms with E-state index in [9.17, 15) is 19.5 Å². The molecule has 0 radical (unpaired) electrons. The predicted octanol–water partition coefficient (Wildman–Crippen LogP) is 4.97. The molecular weight excluding hydrogens is 634 g/mol. The summed E-state index contributed by atoms with van der Waals surface area (Å²) in [6, 6.07) is 12.6. The maximum absolute atomic E-state index is 15.0. The van der Waals surface area contributed by atoms with Gasteiger partial charge in [0.1, 0.15) is 17.7 Å². The number of benzene rings is 2. The highest BCUT2D eigenvalue weighted by Gasteiger charge is 2.76. The van der Waals surface area contributed by atoms with Gasteiger partial charge in [0, 0.05) is 18.7 Å². The molecule has 268 valence electrons. The molecular formula is C40H51N3O7. The molecule has 3 heterocycles. The predicted molar refractivity (Wildman–Crippen MR) is 191 cm³/mol. The van der Waals surface area contributed by atoms with Gasteiger partial charge in [0.05, 0.1) is 36.6 Å². The van der Waals surface area contributed by atoms with Crippen molar-refractivity contribution >= 4 is 29.4 Å². The molecule has 3 aliphatic rings. The Balaban J connectivity index is 1.54. The number of hydrogen-bond donors (Lipinski definition) is 2. The van der Waals surface area contributed by atoms with Crippen LogP contribution in [-0.2, 0) is 28.7 Å². The van der Waals surface area contributed by atoms with Gasteiger partial charge in [-0.1, -0.05) is 74.5 Å². The first-order valence-electron chi connectivity index (χ1n) is 17.7. The topological polar surface area (TPSA) is 125 Å². The second kappa shape index (κ2) is 15.3. The number of aliphatic hydroxyl groups is 1. The van der Waals surface area contributed by atoms with Gasteiger partial charge in [0.2, 0.25) is 11.8 Å². The molecule has 2 N–H and O–H groups in total. The largest absolute Gasteiger partial charge is 0.455 e. The summed E-state index contributed by atoms with van der Waals surface area (Å²) in [4.78, 5) is 60.0. The van der Waals surface area contributed by atoms with Gasteiger partial charge in [-0.2, -0.15) is 0 Å². The van der Waals surface area contributed by atoms with Crippen molar-refractivity contribution < 1.29 is 33.8 Å². The van der Waals surface area contributed by atoms with Crippen LogP contribution in [0.15, 0.2) is 73.8 Å². The lowest BCUT2D eigenvalue weighted by Crippen LogP contribution is -2.60. The van der Waals surface area contributed by atoms with Gasteiger partial charge in [0.15, 0.2) is 0 Å². The minimum atomic E-state index is -1.30. The Hall–Kier alpha value is -4.28. The number of nitrogens with one attached hydrogen (secondary N) is 1. The SMILES string of the molecule is C=CCCC(=O)N[C@H](C)[C@@H](OC(=O)[C@@H]1[C@@H]2CC[C@]3(O2)[C@H](C(=O)N(CC=C)c2c(C)cccc2C)N([C@@H](CO)C(C)C)C(=O)[C@@H]13)c1ccccc1. The van der Waals surface area contributed by atoms with E-state index in [1.165, 1.54) is 4.90 Å². The van der Waals surface area contributed by atoms with E-state index in [0.717, 1.165) is 16.8 Å². The summed E-state index contributed by atoms with van der Waals surface area (Å²) in [5.74, 6) is -3.73. The minimum absolute atomic E-state index is 0.194. The van der Waals surface area contributed by atoms with Crippen LogP contribution < -0.4 is 10.2 Å². The second-order valence-corrected chi connectivity index (χ2v) is 14.2. The lowest BCUT2D eigenvalue weighted by Gasteiger charge is -2.41. The molecule has 10 heteroatoms. The smallest absolute Gasteiger partial charge is 0.313 e. The summed E-state index contributed by atoms with van der Waals surface area (Å²) in [6.07, 6.45) is 3.46. The van der Waals surface area contributed by atoms with Crippen molar-refractivity contribution in [2.75, 3.05) is 18.1 Å². The van der Waals surface area contributed by atoms with Crippen LogP contribution in [0.5, 0.6) is 0 Å². The van der Waals surface area contributed by atoms with E-state index >= 15 is 4.79 Å². The van der Waals surface area contributed by atoms with Crippen LogP contribution in [0.25, 0.3) is 0 Å². The van der Waals surface area contributed by atoms with Crippen molar-refractivity contribution in [2.45, 2.75) is 96.2 Å². The molecule has 8 atom stereocenters. The summed E-state index contributed by atoms with van der Waals surface area (Å²) in [7, 11) is 0. The maximum atomic E-state index is 15.0. The third-order valence-corrected chi connectivity index (χ3v) is 10.6. The van der Waals surface area contributed by atoms with E-state index in [-0.39, 0.29) is 37.3 Å². The first kappa shape index (κ1) is 37.0. The number of aryl methyl sites for hydroxylation is 2. The Morgan fingerprint density at radius 1 is 1.08 bits per heavy atom. The monoisotopic (exact) mass is 685 g/mol.